The lowest BCUT2D eigenvalue weighted by Gasteiger charge is -2.32. The third kappa shape index (κ3) is 6.16. The Morgan fingerprint density at radius 3 is 2.09 bits per heavy atom. The number of rotatable bonds is 9. The molecule has 6 nitrogen and oxygen atoms in total. The van der Waals surface area contributed by atoms with Crippen LogP contribution in [0.4, 0.5) is 0 Å². The topological polar surface area (TPSA) is 95.5 Å². The zero-order valence-corrected chi connectivity index (χ0v) is 20.0. The first kappa shape index (κ1) is 24.8. The summed E-state index contributed by atoms with van der Waals surface area (Å²) in [6.45, 7) is 3.78. The van der Waals surface area contributed by atoms with Crippen LogP contribution in [0.15, 0.2) is 54.6 Å². The molecular weight excluding hydrogens is 436 g/mol. The molecule has 7 heteroatoms. The van der Waals surface area contributed by atoms with Crippen molar-refractivity contribution >= 4 is 30.4 Å². The van der Waals surface area contributed by atoms with Crippen LogP contribution in [0.3, 0.4) is 0 Å². The van der Waals surface area contributed by atoms with Gasteiger partial charge in [-0.1, -0.05) is 81.3 Å². The van der Waals surface area contributed by atoms with E-state index in [0.29, 0.717) is 12.8 Å². The maximum atomic E-state index is 13.2. The molecule has 1 saturated carbocycles. The van der Waals surface area contributed by atoms with Crippen molar-refractivity contribution in [2.45, 2.75) is 62.8 Å². The number of aliphatic carboxylic acids is 1. The lowest BCUT2D eigenvalue weighted by molar-refractivity contribution is -0.143. The van der Waals surface area contributed by atoms with Crippen molar-refractivity contribution in [3.8, 4) is 11.1 Å². The second-order valence-electron chi connectivity index (χ2n) is 9.10. The SMILES string of the molecule is CC(C)C(S)C(=O)NC1(C(=O)NC(Cc2ccc(-c3ccccc3)cc2)C(=O)O)CCCC1. The van der Waals surface area contributed by atoms with Crippen LogP contribution >= 0.6 is 12.6 Å². The Morgan fingerprint density at radius 2 is 1.55 bits per heavy atom. The summed E-state index contributed by atoms with van der Waals surface area (Å²) in [6, 6.07) is 16.5. The van der Waals surface area contributed by atoms with E-state index in [1.807, 2.05) is 68.4 Å². The molecule has 0 radical (unpaired) electrons. The van der Waals surface area contributed by atoms with Gasteiger partial charge in [0.05, 0.1) is 5.25 Å². The molecular formula is C26H32N2O4S. The van der Waals surface area contributed by atoms with Crippen LogP contribution < -0.4 is 10.6 Å². The minimum atomic E-state index is -1.11. The van der Waals surface area contributed by atoms with E-state index in [4.69, 9.17) is 0 Å². The molecule has 2 amide bonds. The van der Waals surface area contributed by atoms with E-state index in [1.54, 1.807) is 0 Å². The van der Waals surface area contributed by atoms with Crippen LogP contribution in [0.2, 0.25) is 0 Å². The number of hydrogen-bond donors (Lipinski definition) is 4. The average molecular weight is 469 g/mol. The van der Waals surface area contributed by atoms with Gasteiger partial charge in [0.2, 0.25) is 11.8 Å². The van der Waals surface area contributed by atoms with E-state index >= 15 is 0 Å². The van der Waals surface area contributed by atoms with Gasteiger partial charge in [-0.05, 0) is 35.4 Å². The molecule has 2 aromatic rings. The molecule has 0 heterocycles. The number of benzene rings is 2. The van der Waals surface area contributed by atoms with Crippen molar-refractivity contribution in [3.05, 3.63) is 60.2 Å². The largest absolute Gasteiger partial charge is 0.480 e. The van der Waals surface area contributed by atoms with Crippen LogP contribution in [0, 0.1) is 5.92 Å². The number of hydrogen-bond acceptors (Lipinski definition) is 4. The van der Waals surface area contributed by atoms with Gasteiger partial charge in [0.1, 0.15) is 11.6 Å². The van der Waals surface area contributed by atoms with E-state index < -0.39 is 28.7 Å². The highest BCUT2D eigenvalue weighted by molar-refractivity contribution is 7.81. The summed E-state index contributed by atoms with van der Waals surface area (Å²) in [5, 5.41) is 14.8. The maximum absolute atomic E-state index is 13.2. The maximum Gasteiger partial charge on any atom is 0.326 e. The molecule has 2 unspecified atom stereocenters. The number of carbonyl (C=O) groups is 3. The normalized spacial score (nSPS) is 16.7. The van der Waals surface area contributed by atoms with E-state index in [2.05, 4.69) is 23.3 Å². The number of amides is 2. The van der Waals surface area contributed by atoms with Gasteiger partial charge in [-0.25, -0.2) is 4.79 Å². The zero-order valence-electron chi connectivity index (χ0n) is 19.1. The number of carbonyl (C=O) groups excluding carboxylic acids is 2. The summed E-state index contributed by atoms with van der Waals surface area (Å²) in [4.78, 5) is 37.8. The summed E-state index contributed by atoms with van der Waals surface area (Å²) < 4.78 is 0. The number of nitrogens with one attached hydrogen (secondary N) is 2. The quantitative estimate of drug-likeness (QED) is 0.421. The standard InChI is InChI=1S/C26H32N2O4S/c1-17(2)22(33)23(29)28-26(14-6-7-15-26)25(32)27-21(24(30)31)16-18-10-12-20(13-11-18)19-8-4-3-5-9-19/h3-5,8-13,17,21-22,33H,6-7,14-16H2,1-2H3,(H,27,32)(H,28,29)(H,30,31). The molecule has 0 spiro atoms. The Bertz CT molecular complexity index is 970. The smallest absolute Gasteiger partial charge is 0.326 e. The summed E-state index contributed by atoms with van der Waals surface area (Å²) in [5.74, 6) is -1.83. The van der Waals surface area contributed by atoms with Crippen LogP contribution in [0.1, 0.15) is 45.1 Å². The molecule has 1 aliphatic carbocycles. The monoisotopic (exact) mass is 468 g/mol. The second-order valence-corrected chi connectivity index (χ2v) is 9.66. The van der Waals surface area contributed by atoms with Crippen LogP contribution in [0.5, 0.6) is 0 Å². The third-order valence-electron chi connectivity index (χ3n) is 6.26. The molecule has 3 rings (SSSR count). The van der Waals surface area contributed by atoms with Crippen molar-refractivity contribution < 1.29 is 19.5 Å². The minimum Gasteiger partial charge on any atom is -0.480 e. The van der Waals surface area contributed by atoms with Gasteiger partial charge in [0, 0.05) is 6.42 Å². The molecule has 0 bridgehead atoms. The molecule has 176 valence electrons. The Balaban J connectivity index is 1.71. The molecule has 2 atom stereocenters. The zero-order chi connectivity index (χ0) is 24.0. The van der Waals surface area contributed by atoms with Gasteiger partial charge < -0.3 is 15.7 Å². The molecule has 33 heavy (non-hydrogen) atoms. The van der Waals surface area contributed by atoms with E-state index in [1.165, 1.54) is 0 Å². The molecule has 0 aromatic heterocycles. The predicted molar refractivity (Wildman–Crippen MR) is 132 cm³/mol. The van der Waals surface area contributed by atoms with Gasteiger partial charge in [-0.2, -0.15) is 12.6 Å². The summed E-state index contributed by atoms with van der Waals surface area (Å²) in [5.41, 5.74) is 1.84. The van der Waals surface area contributed by atoms with E-state index in [9.17, 15) is 19.5 Å². The van der Waals surface area contributed by atoms with Gasteiger partial charge in [-0.3, -0.25) is 9.59 Å². The number of carboxylic acids is 1. The Kier molecular flexibility index (Phi) is 8.19. The number of carboxylic acid groups (broad SMARTS) is 1. The fourth-order valence-electron chi connectivity index (χ4n) is 4.20. The van der Waals surface area contributed by atoms with Gasteiger partial charge in [-0.15, -0.1) is 0 Å². The van der Waals surface area contributed by atoms with Gasteiger partial charge in [0.25, 0.3) is 0 Å². The minimum absolute atomic E-state index is 0.0143. The lowest BCUT2D eigenvalue weighted by Crippen LogP contribution is -2.61. The van der Waals surface area contributed by atoms with Crippen molar-refractivity contribution in [2.75, 3.05) is 0 Å². The summed E-state index contributed by atoms with van der Waals surface area (Å²) in [7, 11) is 0. The molecule has 0 aliphatic heterocycles. The van der Waals surface area contributed by atoms with Crippen molar-refractivity contribution in [1.82, 2.24) is 10.6 Å². The predicted octanol–water partition coefficient (Wildman–Crippen LogP) is 3.85. The average Bonchev–Trinajstić information content (AvgIpc) is 3.28. The van der Waals surface area contributed by atoms with Gasteiger partial charge >= 0.3 is 5.97 Å². The highest BCUT2D eigenvalue weighted by Gasteiger charge is 2.44. The van der Waals surface area contributed by atoms with E-state index in [-0.39, 0.29) is 18.2 Å². The first-order valence-corrected chi connectivity index (χ1v) is 11.9. The summed E-state index contributed by atoms with van der Waals surface area (Å²) >= 11 is 4.36. The fourth-order valence-corrected chi connectivity index (χ4v) is 4.26. The molecule has 2 aromatic carbocycles. The molecule has 3 N–H and O–H groups in total. The fraction of sp³-hybridized carbons (Fsp3) is 0.423. The Morgan fingerprint density at radius 1 is 0.970 bits per heavy atom. The summed E-state index contributed by atoms with van der Waals surface area (Å²) in [6.07, 6.45) is 2.72. The first-order valence-electron chi connectivity index (χ1n) is 11.4. The highest BCUT2D eigenvalue weighted by atomic mass is 32.1. The molecule has 1 fully saturated rings. The Labute approximate surface area is 200 Å². The second kappa shape index (κ2) is 10.9. The highest BCUT2D eigenvalue weighted by Crippen LogP contribution is 2.31. The number of thiol groups is 1. The third-order valence-corrected chi connectivity index (χ3v) is 7.09. The van der Waals surface area contributed by atoms with Crippen molar-refractivity contribution in [2.24, 2.45) is 5.92 Å². The van der Waals surface area contributed by atoms with Crippen LogP contribution in [0.25, 0.3) is 11.1 Å². The van der Waals surface area contributed by atoms with Crippen molar-refractivity contribution in [3.63, 3.8) is 0 Å². The van der Waals surface area contributed by atoms with E-state index in [0.717, 1.165) is 29.5 Å². The molecule has 0 saturated heterocycles. The van der Waals surface area contributed by atoms with Gasteiger partial charge in [0.15, 0.2) is 0 Å². The Hall–Kier alpha value is -2.80. The lowest BCUT2D eigenvalue weighted by atomic mass is 9.94. The first-order chi connectivity index (χ1) is 15.7. The molecule has 1 aliphatic rings. The van der Waals surface area contributed by atoms with Crippen LogP contribution in [-0.2, 0) is 20.8 Å². The van der Waals surface area contributed by atoms with Crippen LogP contribution in [-0.4, -0.2) is 39.7 Å². The van der Waals surface area contributed by atoms with Crippen molar-refractivity contribution in [1.29, 1.82) is 0 Å².